The van der Waals surface area contributed by atoms with Gasteiger partial charge in [-0.25, -0.2) is 4.39 Å². The first-order valence-electron chi connectivity index (χ1n) is 7.74. The van der Waals surface area contributed by atoms with Crippen LogP contribution in [-0.4, -0.2) is 38.4 Å². The summed E-state index contributed by atoms with van der Waals surface area (Å²) in [5.74, 6) is -0.390. The van der Waals surface area contributed by atoms with Crippen molar-refractivity contribution in [1.29, 1.82) is 0 Å². The van der Waals surface area contributed by atoms with E-state index in [1.54, 1.807) is 7.05 Å². The Bertz CT molecular complexity index is 582. The fourth-order valence-electron chi connectivity index (χ4n) is 2.56. The molecule has 1 aliphatic heterocycles. The monoisotopic (exact) mass is 473 g/mol. The standard InChI is InChI=1S/C16H22F3N3O2.HI/c1-16(7-4-8-23-16)10-22-15(20-2)21-9-11-12(17)5-3-6-13(11)24-14(18)19;/h3,5-6,14H,4,7-10H2,1-2H3,(H2,20,21,22);1H. The van der Waals surface area contributed by atoms with Crippen LogP contribution in [0.2, 0.25) is 0 Å². The zero-order valence-electron chi connectivity index (χ0n) is 14.2. The number of hydrogen-bond acceptors (Lipinski definition) is 3. The molecule has 2 N–H and O–H groups in total. The summed E-state index contributed by atoms with van der Waals surface area (Å²) in [6.07, 6.45) is 1.95. The second-order valence-electron chi connectivity index (χ2n) is 5.78. The van der Waals surface area contributed by atoms with Crippen LogP contribution in [0.15, 0.2) is 23.2 Å². The summed E-state index contributed by atoms with van der Waals surface area (Å²) < 4.78 is 48.8. The summed E-state index contributed by atoms with van der Waals surface area (Å²) in [5.41, 5.74) is -0.247. The van der Waals surface area contributed by atoms with Gasteiger partial charge in [-0.15, -0.1) is 24.0 Å². The highest BCUT2D eigenvalue weighted by Gasteiger charge is 2.29. The number of alkyl halides is 2. The van der Waals surface area contributed by atoms with E-state index in [1.807, 2.05) is 6.92 Å². The first-order chi connectivity index (χ1) is 11.4. The highest BCUT2D eigenvalue weighted by molar-refractivity contribution is 14.0. The largest absolute Gasteiger partial charge is 0.434 e. The van der Waals surface area contributed by atoms with Crippen molar-refractivity contribution in [2.45, 2.75) is 38.5 Å². The van der Waals surface area contributed by atoms with Gasteiger partial charge >= 0.3 is 6.61 Å². The molecular formula is C16H23F3IN3O2. The Morgan fingerprint density at radius 3 is 2.76 bits per heavy atom. The van der Waals surface area contributed by atoms with Gasteiger partial charge in [0.2, 0.25) is 0 Å². The van der Waals surface area contributed by atoms with E-state index >= 15 is 0 Å². The number of ether oxygens (including phenoxy) is 2. The molecule has 1 saturated heterocycles. The van der Waals surface area contributed by atoms with Gasteiger partial charge in [0.1, 0.15) is 11.6 Å². The van der Waals surface area contributed by atoms with Crippen LogP contribution in [0.4, 0.5) is 13.2 Å². The van der Waals surface area contributed by atoms with E-state index in [9.17, 15) is 13.2 Å². The second-order valence-corrected chi connectivity index (χ2v) is 5.78. The molecule has 1 heterocycles. The van der Waals surface area contributed by atoms with E-state index in [-0.39, 0.29) is 47.4 Å². The number of rotatable bonds is 6. The Labute approximate surface area is 162 Å². The molecule has 9 heteroatoms. The van der Waals surface area contributed by atoms with Crippen molar-refractivity contribution in [1.82, 2.24) is 10.6 Å². The van der Waals surface area contributed by atoms with Gasteiger partial charge < -0.3 is 20.1 Å². The summed E-state index contributed by atoms with van der Waals surface area (Å²) >= 11 is 0. The van der Waals surface area contributed by atoms with E-state index in [0.29, 0.717) is 12.5 Å². The first kappa shape index (κ1) is 21.8. The molecule has 0 aliphatic carbocycles. The van der Waals surface area contributed by atoms with Crippen LogP contribution in [0.3, 0.4) is 0 Å². The molecule has 0 saturated carbocycles. The van der Waals surface area contributed by atoms with Crippen molar-refractivity contribution in [2.24, 2.45) is 4.99 Å². The molecule has 1 atom stereocenters. The molecule has 0 amide bonds. The lowest BCUT2D eigenvalue weighted by Gasteiger charge is -2.24. The first-order valence-corrected chi connectivity index (χ1v) is 7.74. The Kier molecular flexibility index (Phi) is 8.77. The van der Waals surface area contributed by atoms with Crippen molar-refractivity contribution < 1.29 is 22.6 Å². The number of nitrogens with zero attached hydrogens (tertiary/aromatic N) is 1. The van der Waals surface area contributed by atoms with Crippen molar-refractivity contribution in [2.75, 3.05) is 20.2 Å². The van der Waals surface area contributed by atoms with Gasteiger partial charge in [-0.3, -0.25) is 4.99 Å². The Balaban J connectivity index is 0.00000312. The minimum atomic E-state index is -3.01. The van der Waals surface area contributed by atoms with Crippen LogP contribution >= 0.6 is 24.0 Å². The molecule has 25 heavy (non-hydrogen) atoms. The molecule has 5 nitrogen and oxygen atoms in total. The Morgan fingerprint density at radius 2 is 2.16 bits per heavy atom. The highest BCUT2D eigenvalue weighted by atomic mass is 127. The van der Waals surface area contributed by atoms with E-state index < -0.39 is 12.4 Å². The van der Waals surface area contributed by atoms with Crippen LogP contribution in [0, 0.1) is 5.82 Å². The maximum atomic E-state index is 13.9. The van der Waals surface area contributed by atoms with Crippen molar-refractivity contribution >= 4 is 29.9 Å². The second kappa shape index (κ2) is 10.0. The Hall–Kier alpha value is -1.23. The minimum Gasteiger partial charge on any atom is -0.434 e. The average Bonchev–Trinajstić information content (AvgIpc) is 2.96. The fourth-order valence-corrected chi connectivity index (χ4v) is 2.56. The molecule has 1 aromatic rings. The Morgan fingerprint density at radius 1 is 1.40 bits per heavy atom. The van der Waals surface area contributed by atoms with Gasteiger partial charge in [0.05, 0.1) is 5.60 Å². The third kappa shape index (κ3) is 6.53. The van der Waals surface area contributed by atoms with Crippen LogP contribution in [0.5, 0.6) is 5.75 Å². The third-order valence-electron chi connectivity index (χ3n) is 3.88. The van der Waals surface area contributed by atoms with Gasteiger partial charge in [0.15, 0.2) is 5.96 Å². The van der Waals surface area contributed by atoms with Gasteiger partial charge in [-0.1, -0.05) is 6.07 Å². The predicted octanol–water partition coefficient (Wildman–Crippen LogP) is 3.28. The lowest BCUT2D eigenvalue weighted by molar-refractivity contribution is -0.0506. The van der Waals surface area contributed by atoms with Crippen LogP contribution in [0.1, 0.15) is 25.3 Å². The molecule has 0 spiro atoms. The number of benzene rings is 1. The molecule has 0 aromatic heterocycles. The third-order valence-corrected chi connectivity index (χ3v) is 3.88. The zero-order chi connectivity index (χ0) is 17.6. The van der Waals surface area contributed by atoms with E-state index in [2.05, 4.69) is 20.4 Å². The molecule has 1 aliphatic rings. The lowest BCUT2D eigenvalue weighted by atomic mass is 10.0. The topological polar surface area (TPSA) is 54.9 Å². The quantitative estimate of drug-likeness (QED) is 0.379. The molecule has 1 unspecified atom stereocenters. The molecule has 0 radical (unpaired) electrons. The van der Waals surface area contributed by atoms with Crippen molar-refractivity contribution in [3.8, 4) is 5.75 Å². The molecule has 142 valence electrons. The lowest BCUT2D eigenvalue weighted by Crippen LogP contribution is -2.45. The summed E-state index contributed by atoms with van der Waals surface area (Å²) in [6.45, 7) is 0.234. The summed E-state index contributed by atoms with van der Waals surface area (Å²) in [4.78, 5) is 4.04. The van der Waals surface area contributed by atoms with Crippen LogP contribution < -0.4 is 15.4 Å². The SMILES string of the molecule is CN=C(NCc1c(F)cccc1OC(F)F)NCC1(C)CCCO1.I. The van der Waals surface area contributed by atoms with Crippen LogP contribution in [-0.2, 0) is 11.3 Å². The maximum Gasteiger partial charge on any atom is 0.387 e. The highest BCUT2D eigenvalue weighted by Crippen LogP contribution is 2.24. The molecule has 2 rings (SSSR count). The number of nitrogens with one attached hydrogen (secondary N) is 2. The zero-order valence-corrected chi connectivity index (χ0v) is 16.5. The smallest absolute Gasteiger partial charge is 0.387 e. The van der Waals surface area contributed by atoms with Gasteiger partial charge in [0.25, 0.3) is 0 Å². The molecule has 0 bridgehead atoms. The maximum absolute atomic E-state index is 13.9. The summed E-state index contributed by atoms with van der Waals surface area (Å²) in [5, 5.41) is 6.00. The molecule has 1 fully saturated rings. The van der Waals surface area contributed by atoms with Gasteiger partial charge in [0, 0.05) is 32.3 Å². The fraction of sp³-hybridized carbons (Fsp3) is 0.562. The average molecular weight is 473 g/mol. The normalized spacial score (nSPS) is 20.3. The number of guanidine groups is 1. The number of aliphatic imine (C=N–C) groups is 1. The van der Waals surface area contributed by atoms with E-state index in [0.717, 1.165) is 19.4 Å². The number of halogens is 4. The summed E-state index contributed by atoms with van der Waals surface area (Å²) in [7, 11) is 1.57. The number of hydrogen-bond donors (Lipinski definition) is 2. The predicted molar refractivity (Wildman–Crippen MR) is 100 cm³/mol. The molecular weight excluding hydrogens is 450 g/mol. The van der Waals surface area contributed by atoms with Crippen LogP contribution in [0.25, 0.3) is 0 Å². The van der Waals surface area contributed by atoms with Gasteiger partial charge in [-0.2, -0.15) is 8.78 Å². The van der Waals surface area contributed by atoms with Crippen molar-refractivity contribution in [3.63, 3.8) is 0 Å². The van der Waals surface area contributed by atoms with Gasteiger partial charge in [-0.05, 0) is 31.9 Å². The molecule has 1 aromatic carbocycles. The summed E-state index contributed by atoms with van der Waals surface area (Å²) in [6, 6.07) is 3.82. The van der Waals surface area contributed by atoms with E-state index in [4.69, 9.17) is 4.74 Å². The minimum absolute atomic E-state index is 0. The van der Waals surface area contributed by atoms with Crippen molar-refractivity contribution in [3.05, 3.63) is 29.6 Å². The van der Waals surface area contributed by atoms with E-state index in [1.165, 1.54) is 18.2 Å².